The van der Waals surface area contributed by atoms with Crippen LogP contribution in [0.15, 0.2) is 51.8 Å². The maximum atomic E-state index is 13.2. The molecule has 0 atom stereocenters. The molecule has 0 saturated heterocycles. The van der Waals surface area contributed by atoms with E-state index in [9.17, 15) is 12.8 Å². The summed E-state index contributed by atoms with van der Waals surface area (Å²) in [5.41, 5.74) is 0. The van der Waals surface area contributed by atoms with Crippen molar-refractivity contribution in [2.45, 2.75) is 4.90 Å². The lowest BCUT2D eigenvalue weighted by Crippen LogP contribution is -1.92. The summed E-state index contributed by atoms with van der Waals surface area (Å²) in [7, 11) is 1.41. The largest absolute Gasteiger partial charge is 0.457 e. The zero-order valence-corrected chi connectivity index (χ0v) is 12.5. The van der Waals surface area contributed by atoms with Crippen molar-refractivity contribution >= 4 is 35.7 Å². The van der Waals surface area contributed by atoms with Gasteiger partial charge in [0.05, 0.1) is 4.90 Å². The summed E-state index contributed by atoms with van der Waals surface area (Å²) in [5, 5.41) is 0. The molecule has 0 aliphatic carbocycles. The van der Waals surface area contributed by atoms with Crippen molar-refractivity contribution in [3.8, 4) is 11.5 Å². The number of hydrogen-bond donors (Lipinski definition) is 0. The molecular formula is C12H7BrClFO3S. The van der Waals surface area contributed by atoms with Crippen molar-refractivity contribution < 1.29 is 17.5 Å². The maximum absolute atomic E-state index is 13.2. The molecular weight excluding hydrogens is 359 g/mol. The SMILES string of the molecule is O=S(=O)(Cl)c1cccc(Oc2cc(F)cc(Br)c2)c1. The molecule has 0 amide bonds. The highest BCUT2D eigenvalue weighted by molar-refractivity contribution is 9.10. The molecule has 0 unspecified atom stereocenters. The van der Waals surface area contributed by atoms with Gasteiger partial charge in [-0.15, -0.1) is 0 Å². The Bertz CT molecular complexity index is 698. The van der Waals surface area contributed by atoms with Gasteiger partial charge in [0.2, 0.25) is 0 Å². The van der Waals surface area contributed by atoms with E-state index in [0.717, 1.165) is 0 Å². The molecule has 0 bridgehead atoms. The van der Waals surface area contributed by atoms with Gasteiger partial charge in [0, 0.05) is 27.3 Å². The Balaban J connectivity index is 2.33. The van der Waals surface area contributed by atoms with E-state index in [1.165, 1.54) is 30.3 Å². The number of rotatable bonds is 3. The molecule has 0 fully saturated rings. The van der Waals surface area contributed by atoms with Gasteiger partial charge in [-0.1, -0.05) is 22.0 Å². The molecule has 7 heteroatoms. The summed E-state index contributed by atoms with van der Waals surface area (Å²) in [4.78, 5) is -0.0814. The van der Waals surface area contributed by atoms with E-state index < -0.39 is 14.9 Å². The van der Waals surface area contributed by atoms with E-state index in [-0.39, 0.29) is 16.4 Å². The zero-order chi connectivity index (χ0) is 14.0. The van der Waals surface area contributed by atoms with Crippen LogP contribution < -0.4 is 4.74 Å². The van der Waals surface area contributed by atoms with Gasteiger partial charge in [-0.05, 0) is 24.3 Å². The number of benzene rings is 2. The van der Waals surface area contributed by atoms with Gasteiger partial charge in [-0.3, -0.25) is 0 Å². The monoisotopic (exact) mass is 364 g/mol. The Hall–Kier alpha value is -1.11. The first-order chi connectivity index (χ1) is 8.84. The second-order valence-corrected chi connectivity index (χ2v) is 7.10. The van der Waals surface area contributed by atoms with Crippen LogP contribution in [0.1, 0.15) is 0 Å². The molecule has 3 nitrogen and oxygen atoms in total. The predicted molar refractivity (Wildman–Crippen MR) is 73.7 cm³/mol. The highest BCUT2D eigenvalue weighted by Gasteiger charge is 2.11. The van der Waals surface area contributed by atoms with E-state index in [4.69, 9.17) is 15.4 Å². The Kier molecular flexibility index (Phi) is 4.13. The first-order valence-electron chi connectivity index (χ1n) is 5.03. The predicted octanol–water partition coefficient (Wildman–Crippen LogP) is 4.31. The third kappa shape index (κ3) is 3.92. The van der Waals surface area contributed by atoms with Gasteiger partial charge < -0.3 is 4.74 Å². The van der Waals surface area contributed by atoms with Crippen LogP contribution in [0.5, 0.6) is 11.5 Å². The number of halogens is 3. The topological polar surface area (TPSA) is 43.4 Å². The summed E-state index contributed by atoms with van der Waals surface area (Å²) in [6, 6.07) is 9.67. The van der Waals surface area contributed by atoms with Crippen LogP contribution in [0.3, 0.4) is 0 Å². The van der Waals surface area contributed by atoms with E-state index in [0.29, 0.717) is 4.47 Å². The standard InChI is InChI=1S/C12H7BrClFO3S/c13-8-4-9(15)6-11(5-8)18-10-2-1-3-12(7-10)19(14,16)17/h1-7H. The van der Waals surface area contributed by atoms with Crippen molar-refractivity contribution in [1.82, 2.24) is 0 Å². The third-order valence-corrected chi connectivity index (χ3v) is 3.97. The van der Waals surface area contributed by atoms with Crippen molar-refractivity contribution in [1.29, 1.82) is 0 Å². The number of hydrogen-bond acceptors (Lipinski definition) is 3. The minimum absolute atomic E-state index is 0.0814. The van der Waals surface area contributed by atoms with E-state index in [1.807, 2.05) is 0 Å². The van der Waals surface area contributed by atoms with Gasteiger partial charge in [-0.2, -0.15) is 0 Å². The Morgan fingerprint density at radius 3 is 2.47 bits per heavy atom. The van der Waals surface area contributed by atoms with Crippen LogP contribution in [-0.4, -0.2) is 8.42 Å². The second-order valence-electron chi connectivity index (χ2n) is 3.62. The summed E-state index contributed by atoms with van der Waals surface area (Å²) in [5.74, 6) is 0.0284. The molecule has 0 aliphatic rings. The maximum Gasteiger partial charge on any atom is 0.261 e. The second kappa shape index (κ2) is 5.48. The zero-order valence-electron chi connectivity index (χ0n) is 9.31. The van der Waals surface area contributed by atoms with E-state index in [1.54, 1.807) is 12.1 Å². The van der Waals surface area contributed by atoms with Crippen molar-refractivity contribution in [2.24, 2.45) is 0 Å². The molecule has 0 N–H and O–H groups in total. The van der Waals surface area contributed by atoms with Crippen molar-refractivity contribution in [3.63, 3.8) is 0 Å². The van der Waals surface area contributed by atoms with Crippen LogP contribution in [0.25, 0.3) is 0 Å². The first kappa shape index (κ1) is 14.3. The average Bonchev–Trinajstić information content (AvgIpc) is 2.26. The molecule has 2 aromatic rings. The minimum atomic E-state index is -3.83. The first-order valence-corrected chi connectivity index (χ1v) is 8.13. The van der Waals surface area contributed by atoms with Crippen LogP contribution in [-0.2, 0) is 9.05 Å². The van der Waals surface area contributed by atoms with Crippen molar-refractivity contribution in [3.05, 3.63) is 52.8 Å². The molecule has 0 aromatic heterocycles. The smallest absolute Gasteiger partial charge is 0.261 e. The quantitative estimate of drug-likeness (QED) is 0.761. The van der Waals surface area contributed by atoms with Crippen molar-refractivity contribution in [2.75, 3.05) is 0 Å². The lowest BCUT2D eigenvalue weighted by Gasteiger charge is -2.07. The van der Waals surface area contributed by atoms with Gasteiger partial charge in [0.1, 0.15) is 17.3 Å². The Morgan fingerprint density at radius 1 is 1.11 bits per heavy atom. The van der Waals surface area contributed by atoms with Gasteiger partial charge in [0.25, 0.3) is 9.05 Å². The summed E-state index contributed by atoms with van der Waals surface area (Å²) >= 11 is 3.14. The lowest BCUT2D eigenvalue weighted by molar-refractivity contribution is 0.474. The molecule has 100 valence electrons. The van der Waals surface area contributed by atoms with Crippen LogP contribution in [0.2, 0.25) is 0 Å². The fourth-order valence-electron chi connectivity index (χ4n) is 1.41. The average molecular weight is 366 g/mol. The Labute approximate surface area is 122 Å². The summed E-state index contributed by atoms with van der Waals surface area (Å²) < 4.78 is 41.4. The van der Waals surface area contributed by atoms with Gasteiger partial charge in [-0.25, -0.2) is 12.8 Å². The van der Waals surface area contributed by atoms with Crippen LogP contribution in [0, 0.1) is 5.82 Å². The highest BCUT2D eigenvalue weighted by Crippen LogP contribution is 2.28. The lowest BCUT2D eigenvalue weighted by atomic mass is 10.3. The summed E-state index contributed by atoms with van der Waals surface area (Å²) in [6.07, 6.45) is 0. The minimum Gasteiger partial charge on any atom is -0.457 e. The Morgan fingerprint density at radius 2 is 1.84 bits per heavy atom. The number of ether oxygens (including phenoxy) is 1. The molecule has 2 rings (SSSR count). The molecule has 19 heavy (non-hydrogen) atoms. The van der Waals surface area contributed by atoms with Gasteiger partial charge in [0.15, 0.2) is 0 Å². The molecule has 2 aromatic carbocycles. The van der Waals surface area contributed by atoms with Gasteiger partial charge >= 0.3 is 0 Å². The summed E-state index contributed by atoms with van der Waals surface area (Å²) in [6.45, 7) is 0. The van der Waals surface area contributed by atoms with E-state index >= 15 is 0 Å². The fourth-order valence-corrected chi connectivity index (χ4v) is 2.64. The third-order valence-electron chi connectivity index (χ3n) is 2.16. The highest BCUT2D eigenvalue weighted by atomic mass is 79.9. The molecule has 0 radical (unpaired) electrons. The normalized spacial score (nSPS) is 11.3. The molecule has 0 aliphatic heterocycles. The fraction of sp³-hybridized carbons (Fsp3) is 0. The molecule has 0 saturated carbocycles. The van der Waals surface area contributed by atoms with E-state index in [2.05, 4.69) is 15.9 Å². The molecule has 0 heterocycles. The van der Waals surface area contributed by atoms with Crippen LogP contribution in [0.4, 0.5) is 4.39 Å². The molecule has 0 spiro atoms. The van der Waals surface area contributed by atoms with Crippen LogP contribution >= 0.6 is 26.6 Å².